The van der Waals surface area contributed by atoms with Crippen LogP contribution in [0.4, 0.5) is 0 Å². The molecule has 2 nitrogen and oxygen atoms in total. The van der Waals surface area contributed by atoms with E-state index >= 15 is 0 Å². The lowest BCUT2D eigenvalue weighted by atomic mass is 9.95. The monoisotopic (exact) mass is 370 g/mol. The van der Waals surface area contributed by atoms with Gasteiger partial charge in [0.15, 0.2) is 0 Å². The van der Waals surface area contributed by atoms with Gasteiger partial charge in [-0.05, 0) is 74.6 Å². The van der Waals surface area contributed by atoms with E-state index in [1.807, 2.05) is 18.2 Å². The van der Waals surface area contributed by atoms with Gasteiger partial charge < -0.3 is 4.98 Å². The molecule has 1 N–H and O–H groups in total. The van der Waals surface area contributed by atoms with Crippen LogP contribution in [0.5, 0.6) is 0 Å². The van der Waals surface area contributed by atoms with Gasteiger partial charge in [-0.25, -0.2) is 0 Å². The number of hydrogen-bond donors (Lipinski definition) is 1. The number of aryl methyl sites for hydroxylation is 2. The molecular weight excluding hydrogens is 328 g/mol. The maximum atomic E-state index is 3.84. The highest BCUT2D eigenvalue weighted by molar-refractivity contribution is 5.38. The van der Waals surface area contributed by atoms with Gasteiger partial charge in [-0.1, -0.05) is 59.4 Å². The van der Waals surface area contributed by atoms with Crippen LogP contribution in [0.3, 0.4) is 0 Å². The first-order valence-electron chi connectivity index (χ1n) is 11.3. The number of H-pyrrole nitrogens is 1. The van der Waals surface area contributed by atoms with Gasteiger partial charge in [0, 0.05) is 23.8 Å². The molecule has 0 atom stereocenters. The molecule has 0 fully saturated rings. The number of pyridine rings is 1. The molecule has 0 aliphatic heterocycles. The van der Waals surface area contributed by atoms with Gasteiger partial charge >= 0.3 is 0 Å². The van der Waals surface area contributed by atoms with Gasteiger partial charge in [-0.3, -0.25) is 4.98 Å². The van der Waals surface area contributed by atoms with Crippen molar-refractivity contribution in [2.45, 2.75) is 105 Å². The summed E-state index contributed by atoms with van der Waals surface area (Å²) in [5.74, 6) is 0. The molecule has 0 bridgehead atoms. The van der Waals surface area contributed by atoms with Crippen molar-refractivity contribution >= 4 is 0 Å². The first-order chi connectivity index (χ1) is 13.3. The zero-order valence-electron chi connectivity index (χ0n) is 18.3. The number of rotatable bonds is 12. The molecule has 27 heavy (non-hydrogen) atoms. The molecule has 152 valence electrons. The summed E-state index contributed by atoms with van der Waals surface area (Å²) in [5, 5.41) is 0. The van der Waals surface area contributed by atoms with E-state index in [1.54, 1.807) is 34.9 Å². The van der Waals surface area contributed by atoms with E-state index < -0.39 is 0 Å². The molecule has 0 aliphatic rings. The fourth-order valence-electron chi connectivity index (χ4n) is 3.45. The van der Waals surface area contributed by atoms with Gasteiger partial charge in [0.05, 0.1) is 0 Å². The topological polar surface area (TPSA) is 28.7 Å². The van der Waals surface area contributed by atoms with Gasteiger partial charge in [-0.2, -0.15) is 0 Å². The fourth-order valence-corrected chi connectivity index (χ4v) is 3.45. The highest BCUT2D eigenvalue weighted by Crippen LogP contribution is 2.26. The second kappa shape index (κ2) is 15.5. The minimum Gasteiger partial charge on any atom is -0.362 e. The van der Waals surface area contributed by atoms with Crippen molar-refractivity contribution in [3.63, 3.8) is 0 Å². The van der Waals surface area contributed by atoms with Crippen molar-refractivity contribution in [1.29, 1.82) is 0 Å². The molecule has 2 heterocycles. The smallest absolute Gasteiger partial charge is 0.0267 e. The molecule has 0 aromatic carbocycles. The third kappa shape index (κ3) is 9.26. The molecule has 0 amide bonds. The summed E-state index contributed by atoms with van der Waals surface area (Å²) < 4.78 is 0. The summed E-state index contributed by atoms with van der Waals surface area (Å²) in [5.41, 5.74) is 6.54. The SMILES string of the molecule is CCCCc1[nH]c(CCCC)c(CCCC)c1CCCC.c1ccncc1. The van der Waals surface area contributed by atoms with Gasteiger partial charge in [0.1, 0.15) is 0 Å². The van der Waals surface area contributed by atoms with Crippen molar-refractivity contribution < 1.29 is 0 Å². The second-order valence-corrected chi connectivity index (χ2v) is 7.48. The predicted molar refractivity (Wildman–Crippen MR) is 119 cm³/mol. The van der Waals surface area contributed by atoms with Crippen molar-refractivity contribution in [1.82, 2.24) is 9.97 Å². The number of unbranched alkanes of at least 4 members (excludes halogenated alkanes) is 4. The van der Waals surface area contributed by atoms with E-state index in [0.29, 0.717) is 0 Å². The van der Waals surface area contributed by atoms with Crippen molar-refractivity contribution in [3.8, 4) is 0 Å². The maximum Gasteiger partial charge on any atom is 0.0267 e. The van der Waals surface area contributed by atoms with Crippen LogP contribution in [0.25, 0.3) is 0 Å². The molecular formula is C25H42N2. The van der Waals surface area contributed by atoms with Crippen LogP contribution in [-0.4, -0.2) is 9.97 Å². The van der Waals surface area contributed by atoms with Gasteiger partial charge in [-0.15, -0.1) is 0 Å². The molecule has 2 aromatic heterocycles. The quantitative estimate of drug-likeness (QED) is 0.412. The number of aromatic nitrogens is 2. The molecule has 2 aromatic rings. The average Bonchev–Trinajstić information content (AvgIpc) is 3.05. The predicted octanol–water partition coefficient (Wildman–Crippen LogP) is 7.47. The van der Waals surface area contributed by atoms with E-state index in [4.69, 9.17) is 0 Å². The highest BCUT2D eigenvalue weighted by Gasteiger charge is 2.16. The zero-order chi connectivity index (χ0) is 19.7. The van der Waals surface area contributed by atoms with E-state index in [-0.39, 0.29) is 0 Å². The third-order valence-corrected chi connectivity index (χ3v) is 5.08. The Labute approximate surface area is 168 Å². The van der Waals surface area contributed by atoms with Crippen LogP contribution in [0.1, 0.15) is 102 Å². The Morgan fingerprint density at radius 3 is 1.30 bits per heavy atom. The van der Waals surface area contributed by atoms with E-state index in [9.17, 15) is 0 Å². The van der Waals surface area contributed by atoms with Gasteiger partial charge in [0.25, 0.3) is 0 Å². The summed E-state index contributed by atoms with van der Waals surface area (Å²) in [6.07, 6.45) is 19.1. The summed E-state index contributed by atoms with van der Waals surface area (Å²) >= 11 is 0. The van der Waals surface area contributed by atoms with E-state index in [0.717, 1.165) is 0 Å². The molecule has 0 unspecified atom stereocenters. The summed E-state index contributed by atoms with van der Waals surface area (Å²) in [6.45, 7) is 9.21. The second-order valence-electron chi connectivity index (χ2n) is 7.48. The van der Waals surface area contributed by atoms with Crippen LogP contribution in [0.2, 0.25) is 0 Å². The van der Waals surface area contributed by atoms with Crippen LogP contribution in [0, 0.1) is 0 Å². The normalized spacial score (nSPS) is 10.5. The Balaban J connectivity index is 0.000000511. The van der Waals surface area contributed by atoms with Crippen LogP contribution in [0.15, 0.2) is 30.6 Å². The molecule has 0 spiro atoms. The first-order valence-corrected chi connectivity index (χ1v) is 11.3. The summed E-state index contributed by atoms with van der Waals surface area (Å²) in [7, 11) is 0. The lowest BCUT2D eigenvalue weighted by Gasteiger charge is -2.08. The van der Waals surface area contributed by atoms with E-state index in [2.05, 4.69) is 37.7 Å². The van der Waals surface area contributed by atoms with Crippen molar-refractivity contribution in [2.75, 3.05) is 0 Å². The van der Waals surface area contributed by atoms with Crippen LogP contribution < -0.4 is 0 Å². The number of nitrogens with zero attached hydrogens (tertiary/aromatic N) is 1. The van der Waals surface area contributed by atoms with Gasteiger partial charge in [0.2, 0.25) is 0 Å². The molecule has 2 rings (SSSR count). The zero-order valence-corrected chi connectivity index (χ0v) is 18.3. The Bertz CT molecular complexity index is 510. The molecule has 0 aliphatic carbocycles. The molecule has 0 saturated carbocycles. The Morgan fingerprint density at radius 2 is 1.00 bits per heavy atom. The largest absolute Gasteiger partial charge is 0.362 e. The minimum atomic E-state index is 1.25. The molecule has 0 saturated heterocycles. The standard InChI is InChI=1S/C20H37N.C5H5N/c1-5-9-13-17-18(14-10-6-2)20(16-12-8-4)21-19(17)15-11-7-3;1-2-4-6-5-3-1/h21H,5-16H2,1-4H3;1-5H. The Kier molecular flexibility index (Phi) is 13.5. The highest BCUT2D eigenvalue weighted by atomic mass is 14.7. The lowest BCUT2D eigenvalue weighted by Crippen LogP contribution is -1.98. The third-order valence-electron chi connectivity index (χ3n) is 5.08. The molecule has 2 heteroatoms. The fraction of sp³-hybridized carbons (Fsp3) is 0.640. The van der Waals surface area contributed by atoms with Crippen LogP contribution in [-0.2, 0) is 25.7 Å². The number of hydrogen-bond acceptors (Lipinski definition) is 1. The van der Waals surface area contributed by atoms with E-state index in [1.165, 1.54) is 77.0 Å². The maximum absolute atomic E-state index is 3.84. The first kappa shape index (κ1) is 23.5. The van der Waals surface area contributed by atoms with Crippen molar-refractivity contribution in [3.05, 3.63) is 53.1 Å². The summed E-state index contributed by atoms with van der Waals surface area (Å²) in [4.78, 5) is 7.62. The minimum absolute atomic E-state index is 1.25. The molecule has 0 radical (unpaired) electrons. The summed E-state index contributed by atoms with van der Waals surface area (Å²) in [6, 6.07) is 5.72. The van der Waals surface area contributed by atoms with Crippen LogP contribution >= 0.6 is 0 Å². The van der Waals surface area contributed by atoms with Crippen molar-refractivity contribution in [2.24, 2.45) is 0 Å². The number of aromatic amines is 1. The Morgan fingerprint density at radius 1 is 0.593 bits per heavy atom. The average molecular weight is 371 g/mol. The Hall–Kier alpha value is -1.57. The number of nitrogens with one attached hydrogen (secondary N) is 1. The lowest BCUT2D eigenvalue weighted by molar-refractivity contribution is 0.735.